The van der Waals surface area contributed by atoms with Gasteiger partial charge in [0.25, 0.3) is 0 Å². The number of carbonyl (C=O) groups excluding carboxylic acids is 1. The molecule has 1 fully saturated rings. The molecule has 1 aromatic rings. The number of rotatable bonds is 6. The minimum absolute atomic E-state index is 0.116. The Morgan fingerprint density at radius 3 is 3.05 bits per heavy atom. The van der Waals surface area contributed by atoms with E-state index in [0.717, 1.165) is 31.4 Å². The fourth-order valence-corrected chi connectivity index (χ4v) is 2.95. The Labute approximate surface area is 120 Å². The lowest BCUT2D eigenvalue weighted by atomic mass is 9.95. The summed E-state index contributed by atoms with van der Waals surface area (Å²) in [6.45, 7) is 1.29. The number of methoxy groups -OCH3 is 1. The van der Waals surface area contributed by atoms with Crippen molar-refractivity contribution in [3.8, 4) is 5.75 Å². The van der Waals surface area contributed by atoms with Crippen molar-refractivity contribution in [1.82, 2.24) is 5.32 Å². The number of ether oxygens (including phenoxy) is 1. The number of nitrogens with one attached hydrogen (secondary N) is 1. The van der Waals surface area contributed by atoms with Gasteiger partial charge in [-0.2, -0.15) is 0 Å². The van der Waals surface area contributed by atoms with Gasteiger partial charge in [0.15, 0.2) is 0 Å². The summed E-state index contributed by atoms with van der Waals surface area (Å²) in [5, 5.41) is 3.04. The van der Waals surface area contributed by atoms with Crippen LogP contribution in [0, 0.1) is 11.8 Å². The van der Waals surface area contributed by atoms with Gasteiger partial charge in [0.05, 0.1) is 7.11 Å². The van der Waals surface area contributed by atoms with Crippen molar-refractivity contribution < 1.29 is 9.53 Å². The molecular weight excluding hydrogens is 252 g/mol. The molecule has 0 aromatic heterocycles. The number of carbonyl (C=O) groups is 1. The third kappa shape index (κ3) is 3.73. The van der Waals surface area contributed by atoms with E-state index in [0.29, 0.717) is 19.0 Å². The average Bonchev–Trinajstić information content (AvgIpc) is 2.96. The van der Waals surface area contributed by atoms with Gasteiger partial charge in [-0.1, -0.05) is 18.6 Å². The van der Waals surface area contributed by atoms with Crippen LogP contribution < -0.4 is 15.8 Å². The highest BCUT2D eigenvalue weighted by Gasteiger charge is 2.31. The minimum Gasteiger partial charge on any atom is -0.497 e. The Balaban J connectivity index is 1.79. The van der Waals surface area contributed by atoms with E-state index in [1.807, 2.05) is 24.3 Å². The van der Waals surface area contributed by atoms with Crippen LogP contribution in [-0.4, -0.2) is 26.1 Å². The van der Waals surface area contributed by atoms with Crippen LogP contribution in [0.4, 0.5) is 0 Å². The number of hydrogen-bond donors (Lipinski definition) is 2. The first kappa shape index (κ1) is 14.9. The molecule has 2 unspecified atom stereocenters. The monoisotopic (exact) mass is 276 g/mol. The summed E-state index contributed by atoms with van der Waals surface area (Å²) < 4.78 is 5.19. The molecule has 1 amide bonds. The summed E-state index contributed by atoms with van der Waals surface area (Å²) in [7, 11) is 1.66. The van der Waals surface area contributed by atoms with Gasteiger partial charge < -0.3 is 15.8 Å². The van der Waals surface area contributed by atoms with Crippen LogP contribution in [0.5, 0.6) is 5.75 Å². The second-order valence-corrected chi connectivity index (χ2v) is 5.43. The van der Waals surface area contributed by atoms with E-state index in [1.165, 1.54) is 5.56 Å². The third-order valence-electron chi connectivity index (χ3n) is 4.15. The molecule has 110 valence electrons. The first-order chi connectivity index (χ1) is 9.74. The number of nitrogens with two attached hydrogens (primary N) is 1. The van der Waals surface area contributed by atoms with Crippen LogP contribution >= 0.6 is 0 Å². The molecule has 2 atom stereocenters. The second-order valence-electron chi connectivity index (χ2n) is 5.43. The quantitative estimate of drug-likeness (QED) is 0.831. The van der Waals surface area contributed by atoms with Crippen molar-refractivity contribution >= 4 is 5.91 Å². The molecule has 0 aliphatic heterocycles. The lowest BCUT2D eigenvalue weighted by Gasteiger charge is -2.17. The van der Waals surface area contributed by atoms with Crippen molar-refractivity contribution in [2.75, 3.05) is 20.2 Å². The molecule has 1 aromatic carbocycles. The molecule has 0 bridgehead atoms. The predicted molar refractivity (Wildman–Crippen MR) is 79.6 cm³/mol. The lowest BCUT2D eigenvalue weighted by Crippen LogP contribution is -2.36. The van der Waals surface area contributed by atoms with Gasteiger partial charge in [0.2, 0.25) is 5.91 Å². The largest absolute Gasteiger partial charge is 0.497 e. The van der Waals surface area contributed by atoms with Crippen LogP contribution in [0.3, 0.4) is 0 Å². The maximum atomic E-state index is 12.1. The van der Waals surface area contributed by atoms with Crippen molar-refractivity contribution in [3.05, 3.63) is 29.8 Å². The van der Waals surface area contributed by atoms with Crippen molar-refractivity contribution in [2.45, 2.75) is 25.7 Å². The highest BCUT2D eigenvalue weighted by molar-refractivity contribution is 5.79. The zero-order valence-corrected chi connectivity index (χ0v) is 12.1. The summed E-state index contributed by atoms with van der Waals surface area (Å²) in [6.07, 6.45) is 4.01. The SMILES string of the molecule is COc1cccc(CCNC(=O)C2CCCC2CN)c1. The zero-order chi connectivity index (χ0) is 14.4. The van der Waals surface area contributed by atoms with Gasteiger partial charge >= 0.3 is 0 Å². The Kier molecular flexibility index (Phi) is 5.41. The Hall–Kier alpha value is -1.55. The number of hydrogen-bond acceptors (Lipinski definition) is 3. The van der Waals surface area contributed by atoms with Crippen LogP contribution in [0.15, 0.2) is 24.3 Å². The van der Waals surface area contributed by atoms with E-state index >= 15 is 0 Å². The molecule has 0 radical (unpaired) electrons. The summed E-state index contributed by atoms with van der Waals surface area (Å²) in [4.78, 5) is 12.1. The molecule has 0 heterocycles. The van der Waals surface area contributed by atoms with E-state index in [4.69, 9.17) is 10.5 Å². The molecule has 1 saturated carbocycles. The van der Waals surface area contributed by atoms with Gasteiger partial charge in [0, 0.05) is 12.5 Å². The van der Waals surface area contributed by atoms with E-state index in [1.54, 1.807) is 7.11 Å². The Bertz CT molecular complexity index is 448. The Morgan fingerprint density at radius 2 is 2.30 bits per heavy atom. The highest BCUT2D eigenvalue weighted by atomic mass is 16.5. The first-order valence-corrected chi connectivity index (χ1v) is 7.35. The van der Waals surface area contributed by atoms with Gasteiger partial charge in [-0.05, 0) is 49.4 Å². The average molecular weight is 276 g/mol. The van der Waals surface area contributed by atoms with Crippen molar-refractivity contribution in [2.24, 2.45) is 17.6 Å². The summed E-state index contributed by atoms with van der Waals surface area (Å²) in [5.41, 5.74) is 6.89. The summed E-state index contributed by atoms with van der Waals surface area (Å²) in [5.74, 6) is 1.51. The van der Waals surface area contributed by atoms with E-state index in [2.05, 4.69) is 5.32 Å². The van der Waals surface area contributed by atoms with Crippen molar-refractivity contribution in [1.29, 1.82) is 0 Å². The molecule has 1 aliphatic rings. The maximum Gasteiger partial charge on any atom is 0.223 e. The van der Waals surface area contributed by atoms with Crippen LogP contribution in [0.1, 0.15) is 24.8 Å². The van der Waals surface area contributed by atoms with E-state index in [9.17, 15) is 4.79 Å². The molecule has 2 rings (SSSR count). The number of amides is 1. The van der Waals surface area contributed by atoms with Gasteiger partial charge in [0.1, 0.15) is 5.75 Å². The second kappa shape index (κ2) is 7.29. The van der Waals surface area contributed by atoms with Crippen molar-refractivity contribution in [3.63, 3.8) is 0 Å². The Morgan fingerprint density at radius 1 is 1.45 bits per heavy atom. The van der Waals surface area contributed by atoms with Crippen LogP contribution in [0.25, 0.3) is 0 Å². The van der Waals surface area contributed by atoms with Crippen LogP contribution in [-0.2, 0) is 11.2 Å². The van der Waals surface area contributed by atoms with Crippen LogP contribution in [0.2, 0.25) is 0 Å². The smallest absolute Gasteiger partial charge is 0.223 e. The highest BCUT2D eigenvalue weighted by Crippen LogP contribution is 2.30. The molecule has 4 heteroatoms. The van der Waals surface area contributed by atoms with Gasteiger partial charge in [-0.15, -0.1) is 0 Å². The molecule has 20 heavy (non-hydrogen) atoms. The van der Waals surface area contributed by atoms with E-state index < -0.39 is 0 Å². The zero-order valence-electron chi connectivity index (χ0n) is 12.1. The standard InChI is InChI=1S/C16H24N2O2/c1-20-14-6-2-4-12(10-14)8-9-18-16(19)15-7-3-5-13(15)11-17/h2,4,6,10,13,15H,3,5,7-9,11,17H2,1H3,(H,18,19). The predicted octanol–water partition coefficient (Wildman–Crippen LogP) is 1.73. The first-order valence-electron chi connectivity index (χ1n) is 7.35. The normalized spacial score (nSPS) is 21.7. The number of benzene rings is 1. The molecule has 4 nitrogen and oxygen atoms in total. The molecule has 1 aliphatic carbocycles. The molecule has 3 N–H and O–H groups in total. The van der Waals surface area contributed by atoms with E-state index in [-0.39, 0.29) is 11.8 Å². The molecule has 0 spiro atoms. The maximum absolute atomic E-state index is 12.1. The summed E-state index contributed by atoms with van der Waals surface area (Å²) in [6, 6.07) is 7.95. The fourth-order valence-electron chi connectivity index (χ4n) is 2.95. The topological polar surface area (TPSA) is 64.3 Å². The lowest BCUT2D eigenvalue weighted by molar-refractivity contribution is -0.125. The fraction of sp³-hybridized carbons (Fsp3) is 0.562. The molecule has 0 saturated heterocycles. The van der Waals surface area contributed by atoms with Gasteiger partial charge in [-0.25, -0.2) is 0 Å². The minimum atomic E-state index is 0.116. The third-order valence-corrected chi connectivity index (χ3v) is 4.15. The molecular formula is C16H24N2O2. The van der Waals surface area contributed by atoms with Gasteiger partial charge in [-0.3, -0.25) is 4.79 Å². The summed E-state index contributed by atoms with van der Waals surface area (Å²) >= 11 is 0.